The van der Waals surface area contributed by atoms with E-state index in [0.717, 1.165) is 0 Å². The molecule has 116 valence electrons. The van der Waals surface area contributed by atoms with Gasteiger partial charge in [0.1, 0.15) is 5.15 Å². The van der Waals surface area contributed by atoms with Crippen molar-refractivity contribution >= 4 is 17.5 Å². The van der Waals surface area contributed by atoms with E-state index >= 15 is 0 Å². The van der Waals surface area contributed by atoms with E-state index in [1.54, 1.807) is 0 Å². The van der Waals surface area contributed by atoms with Crippen LogP contribution in [0.25, 0.3) is 0 Å². The minimum atomic E-state index is -1.62. The molecule has 1 aromatic carbocycles. The summed E-state index contributed by atoms with van der Waals surface area (Å²) in [4.78, 5) is 15.7. The summed E-state index contributed by atoms with van der Waals surface area (Å²) in [5.41, 5.74) is 0.0417. The molecule has 0 saturated heterocycles. The summed E-state index contributed by atoms with van der Waals surface area (Å²) in [6.07, 6.45) is 1.21. The molecule has 1 unspecified atom stereocenters. The number of benzene rings is 1. The lowest BCUT2D eigenvalue weighted by atomic mass is 10.1. The van der Waals surface area contributed by atoms with Crippen molar-refractivity contribution in [1.29, 1.82) is 0 Å². The number of pyridine rings is 1. The zero-order chi connectivity index (χ0) is 16.3. The second kappa shape index (κ2) is 6.76. The van der Waals surface area contributed by atoms with Crippen LogP contribution in [0.3, 0.4) is 0 Å². The first-order chi connectivity index (χ1) is 10.4. The summed E-state index contributed by atoms with van der Waals surface area (Å²) < 4.78 is 39.3. The van der Waals surface area contributed by atoms with Gasteiger partial charge in [0.2, 0.25) is 0 Å². The third-order valence-corrected chi connectivity index (χ3v) is 3.11. The molecule has 0 aliphatic carbocycles. The van der Waals surface area contributed by atoms with Crippen molar-refractivity contribution in [2.45, 2.75) is 6.04 Å². The molecule has 1 heterocycles. The van der Waals surface area contributed by atoms with Gasteiger partial charge >= 0.3 is 0 Å². The Bertz CT molecular complexity index is 672. The Hall–Kier alpha value is -2.12. The number of halogens is 4. The lowest BCUT2D eigenvalue weighted by Gasteiger charge is -2.17. The summed E-state index contributed by atoms with van der Waals surface area (Å²) in [7, 11) is 0. The highest BCUT2D eigenvalue weighted by Crippen LogP contribution is 2.19. The van der Waals surface area contributed by atoms with Gasteiger partial charge in [-0.25, -0.2) is 18.2 Å². The van der Waals surface area contributed by atoms with Gasteiger partial charge in [0.05, 0.1) is 18.2 Å². The molecule has 1 atom stereocenters. The quantitative estimate of drug-likeness (QED) is 0.669. The van der Waals surface area contributed by atoms with Gasteiger partial charge in [0, 0.05) is 6.20 Å². The topological polar surface area (TPSA) is 62.2 Å². The minimum absolute atomic E-state index is 0.103. The SMILES string of the molecule is O=C(NC(CO)c1cc(F)c(F)c(F)c1)c1ccc(Cl)nc1. The van der Waals surface area contributed by atoms with Crippen LogP contribution in [0.2, 0.25) is 5.15 Å². The highest BCUT2D eigenvalue weighted by atomic mass is 35.5. The van der Waals surface area contributed by atoms with Gasteiger partial charge in [-0.15, -0.1) is 0 Å². The highest BCUT2D eigenvalue weighted by molar-refractivity contribution is 6.29. The number of rotatable bonds is 4. The molecule has 1 amide bonds. The van der Waals surface area contributed by atoms with E-state index in [1.165, 1.54) is 18.3 Å². The van der Waals surface area contributed by atoms with Gasteiger partial charge in [0.25, 0.3) is 5.91 Å². The largest absolute Gasteiger partial charge is 0.394 e. The van der Waals surface area contributed by atoms with Crippen molar-refractivity contribution in [3.8, 4) is 0 Å². The van der Waals surface area contributed by atoms with Crippen LogP contribution < -0.4 is 5.32 Å². The van der Waals surface area contributed by atoms with Crippen molar-refractivity contribution < 1.29 is 23.1 Å². The first-order valence-electron chi connectivity index (χ1n) is 6.10. The molecule has 22 heavy (non-hydrogen) atoms. The summed E-state index contributed by atoms with van der Waals surface area (Å²) in [6, 6.07) is 3.10. The molecule has 0 aliphatic rings. The van der Waals surface area contributed by atoms with Crippen molar-refractivity contribution in [3.63, 3.8) is 0 Å². The van der Waals surface area contributed by atoms with Gasteiger partial charge in [-0.3, -0.25) is 4.79 Å². The summed E-state index contributed by atoms with van der Waals surface area (Å²) in [5.74, 6) is -5.06. The Morgan fingerprint density at radius 2 is 1.91 bits per heavy atom. The average molecular weight is 331 g/mol. The second-order valence-electron chi connectivity index (χ2n) is 4.38. The van der Waals surface area contributed by atoms with Crippen molar-refractivity contribution in [2.24, 2.45) is 0 Å². The molecule has 4 nitrogen and oxygen atoms in total. The van der Waals surface area contributed by atoms with Crippen LogP contribution in [0, 0.1) is 17.5 Å². The van der Waals surface area contributed by atoms with Gasteiger partial charge in [-0.1, -0.05) is 11.6 Å². The van der Waals surface area contributed by atoms with E-state index in [0.29, 0.717) is 12.1 Å². The van der Waals surface area contributed by atoms with Gasteiger partial charge in [-0.2, -0.15) is 0 Å². The van der Waals surface area contributed by atoms with Gasteiger partial charge in [-0.05, 0) is 29.8 Å². The summed E-state index contributed by atoms with van der Waals surface area (Å²) >= 11 is 5.59. The molecule has 0 spiro atoms. The van der Waals surface area contributed by atoms with Crippen LogP contribution in [0.4, 0.5) is 13.2 Å². The molecule has 0 fully saturated rings. The van der Waals surface area contributed by atoms with Crippen LogP contribution in [0.5, 0.6) is 0 Å². The molecule has 0 saturated carbocycles. The number of hydrogen-bond acceptors (Lipinski definition) is 3. The average Bonchev–Trinajstić information content (AvgIpc) is 2.50. The van der Waals surface area contributed by atoms with Gasteiger partial charge in [0.15, 0.2) is 17.5 Å². The van der Waals surface area contributed by atoms with E-state index in [1.807, 2.05) is 0 Å². The van der Waals surface area contributed by atoms with E-state index in [2.05, 4.69) is 10.3 Å². The Kier molecular flexibility index (Phi) is 4.99. The molecular weight excluding hydrogens is 321 g/mol. The smallest absolute Gasteiger partial charge is 0.253 e. The Balaban J connectivity index is 2.22. The molecule has 0 radical (unpaired) electrons. The van der Waals surface area contributed by atoms with Crippen molar-refractivity contribution in [1.82, 2.24) is 10.3 Å². The molecule has 1 aromatic heterocycles. The first-order valence-corrected chi connectivity index (χ1v) is 6.48. The summed E-state index contributed by atoms with van der Waals surface area (Å²) in [5, 5.41) is 11.8. The minimum Gasteiger partial charge on any atom is -0.394 e. The monoisotopic (exact) mass is 330 g/mol. The zero-order valence-electron chi connectivity index (χ0n) is 11.0. The Morgan fingerprint density at radius 1 is 1.27 bits per heavy atom. The first kappa shape index (κ1) is 16.3. The molecule has 0 aliphatic heterocycles. The van der Waals surface area contributed by atoms with Crippen LogP contribution >= 0.6 is 11.6 Å². The molecule has 2 rings (SSSR count). The lowest BCUT2D eigenvalue weighted by Crippen LogP contribution is -2.31. The number of carbonyl (C=O) groups is 1. The van der Waals surface area contributed by atoms with E-state index in [-0.39, 0.29) is 16.3 Å². The van der Waals surface area contributed by atoms with E-state index < -0.39 is 36.0 Å². The lowest BCUT2D eigenvalue weighted by molar-refractivity contribution is 0.0915. The molecule has 0 bridgehead atoms. The Labute approximate surface area is 128 Å². The fraction of sp³-hybridized carbons (Fsp3) is 0.143. The number of carbonyl (C=O) groups excluding carboxylic acids is 1. The number of aromatic nitrogens is 1. The zero-order valence-corrected chi connectivity index (χ0v) is 11.7. The third kappa shape index (κ3) is 3.55. The number of amides is 1. The van der Waals surface area contributed by atoms with E-state index in [9.17, 15) is 23.1 Å². The molecule has 8 heteroatoms. The highest BCUT2D eigenvalue weighted by Gasteiger charge is 2.19. The number of nitrogens with one attached hydrogen (secondary N) is 1. The molecular formula is C14H10ClF3N2O2. The third-order valence-electron chi connectivity index (χ3n) is 2.89. The fourth-order valence-corrected chi connectivity index (χ4v) is 1.87. The van der Waals surface area contributed by atoms with Crippen LogP contribution in [0.1, 0.15) is 22.0 Å². The predicted octanol–water partition coefficient (Wildman–Crippen LogP) is 2.62. The normalized spacial score (nSPS) is 12.0. The number of aliphatic hydroxyl groups is 1. The summed E-state index contributed by atoms with van der Waals surface area (Å²) in [6.45, 7) is -0.628. The van der Waals surface area contributed by atoms with Crippen LogP contribution in [0.15, 0.2) is 30.5 Å². The van der Waals surface area contributed by atoms with Crippen molar-refractivity contribution in [2.75, 3.05) is 6.61 Å². The predicted molar refractivity (Wildman–Crippen MR) is 72.9 cm³/mol. The van der Waals surface area contributed by atoms with E-state index in [4.69, 9.17) is 11.6 Å². The maximum atomic E-state index is 13.2. The van der Waals surface area contributed by atoms with Crippen LogP contribution in [-0.2, 0) is 0 Å². The standard InChI is InChI=1S/C14H10ClF3N2O2/c15-12-2-1-7(5-19-12)14(22)20-11(6-21)8-3-9(16)13(18)10(17)4-8/h1-5,11,21H,6H2,(H,20,22). The molecule has 2 aromatic rings. The number of hydrogen-bond donors (Lipinski definition) is 2. The second-order valence-corrected chi connectivity index (χ2v) is 4.76. The fourth-order valence-electron chi connectivity index (χ4n) is 1.76. The molecule has 2 N–H and O–H groups in total. The maximum absolute atomic E-state index is 13.2. The number of nitrogens with zero attached hydrogens (tertiary/aromatic N) is 1. The maximum Gasteiger partial charge on any atom is 0.253 e. The number of aliphatic hydroxyl groups excluding tert-OH is 1. The van der Waals surface area contributed by atoms with Crippen molar-refractivity contribution in [3.05, 3.63) is 64.2 Å². The van der Waals surface area contributed by atoms with Gasteiger partial charge < -0.3 is 10.4 Å². The van der Waals surface area contributed by atoms with Crippen LogP contribution in [-0.4, -0.2) is 22.6 Å². The Morgan fingerprint density at radius 3 is 2.41 bits per heavy atom.